The monoisotopic (exact) mass is 607 g/mol. The minimum Gasteiger partial charge on any atom is -0.496 e. The van der Waals surface area contributed by atoms with Crippen molar-refractivity contribution >= 4 is 49.4 Å². The Morgan fingerprint density at radius 1 is 1.09 bits per heavy atom. The molecule has 0 aliphatic carbocycles. The first-order valence-corrected chi connectivity index (χ1v) is 12.7. The second-order valence-corrected chi connectivity index (χ2v) is 9.44. The summed E-state index contributed by atoms with van der Waals surface area (Å²) in [5, 5.41) is 0. The number of halogens is 2. The van der Waals surface area contributed by atoms with E-state index in [1.807, 2.05) is 18.2 Å². The lowest BCUT2D eigenvalue weighted by Crippen LogP contribution is -2.36. The van der Waals surface area contributed by atoms with E-state index in [9.17, 15) is 9.59 Å². The van der Waals surface area contributed by atoms with Crippen LogP contribution >= 0.6 is 31.9 Å². The second kappa shape index (κ2) is 12.3. The van der Waals surface area contributed by atoms with E-state index >= 15 is 0 Å². The van der Waals surface area contributed by atoms with Crippen LogP contribution in [0, 0.1) is 0 Å². The third-order valence-electron chi connectivity index (χ3n) is 5.43. The number of anilines is 1. The lowest BCUT2D eigenvalue weighted by molar-refractivity contribution is -0.141. The molecule has 2 aromatic carbocycles. The Hall–Kier alpha value is -2.78. The molecule has 1 amide bonds. The molecule has 35 heavy (non-hydrogen) atoms. The van der Waals surface area contributed by atoms with Gasteiger partial charge < -0.3 is 18.6 Å². The summed E-state index contributed by atoms with van der Waals surface area (Å²) in [6.07, 6.45) is 2.36. The molecule has 1 unspecified atom stereocenters. The van der Waals surface area contributed by atoms with E-state index in [0.717, 1.165) is 17.7 Å². The molecule has 0 aliphatic heterocycles. The molecule has 0 spiro atoms. The smallest absolute Gasteiger partial charge is 0.326 e. The van der Waals surface area contributed by atoms with Crippen molar-refractivity contribution in [1.82, 2.24) is 0 Å². The largest absolute Gasteiger partial charge is 0.496 e. The van der Waals surface area contributed by atoms with Crippen LogP contribution in [0.2, 0.25) is 0 Å². The van der Waals surface area contributed by atoms with Crippen molar-refractivity contribution in [2.75, 3.05) is 25.2 Å². The van der Waals surface area contributed by atoms with Crippen LogP contribution in [0.5, 0.6) is 17.2 Å². The number of amides is 1. The number of carbonyl (C=O) groups is 2. The van der Waals surface area contributed by atoms with Crippen LogP contribution in [0.15, 0.2) is 62.1 Å². The predicted octanol–water partition coefficient (Wildman–Crippen LogP) is 7.33. The molecule has 1 heterocycles. The van der Waals surface area contributed by atoms with Crippen LogP contribution in [0.25, 0.3) is 0 Å². The molecule has 0 saturated heterocycles. The topological polar surface area (TPSA) is 78.2 Å². The third kappa shape index (κ3) is 6.46. The van der Waals surface area contributed by atoms with Crippen LogP contribution in [-0.4, -0.2) is 32.1 Å². The summed E-state index contributed by atoms with van der Waals surface area (Å²) < 4.78 is 23.2. The molecule has 186 valence electrons. The van der Waals surface area contributed by atoms with E-state index in [0.29, 0.717) is 32.0 Å². The first-order chi connectivity index (χ1) is 16.8. The fraction of sp³-hybridized carbons (Fsp3) is 0.308. The summed E-state index contributed by atoms with van der Waals surface area (Å²) in [4.78, 5) is 26.6. The van der Waals surface area contributed by atoms with Gasteiger partial charge in [-0.15, -0.1) is 0 Å². The molecule has 1 aromatic heterocycles. The summed E-state index contributed by atoms with van der Waals surface area (Å²) in [5.41, 5.74) is 1.52. The molecular formula is C26H27Br2NO6. The molecule has 0 aliphatic rings. The molecule has 3 aromatic rings. The fourth-order valence-corrected chi connectivity index (χ4v) is 4.77. The standard InChI is InChI=1S/C26H27Br2NO6/c1-5-16(3)19-14-18(9-10-22(19)32-4)35-25-20(27)12-17(13-21(25)28)29(15-24(30)33-6-2)26(31)23-8-7-11-34-23/h7-14,16H,5-6,15H2,1-4H3. The fourth-order valence-electron chi connectivity index (χ4n) is 3.45. The molecule has 0 N–H and O–H groups in total. The highest BCUT2D eigenvalue weighted by molar-refractivity contribution is 9.11. The highest BCUT2D eigenvalue weighted by atomic mass is 79.9. The van der Waals surface area contributed by atoms with Gasteiger partial charge in [0.05, 0.1) is 28.9 Å². The Bertz CT molecular complexity index is 1160. The van der Waals surface area contributed by atoms with E-state index in [1.165, 1.54) is 11.2 Å². The van der Waals surface area contributed by atoms with Crippen molar-refractivity contribution in [2.24, 2.45) is 0 Å². The van der Waals surface area contributed by atoms with Gasteiger partial charge in [-0.1, -0.05) is 13.8 Å². The summed E-state index contributed by atoms with van der Waals surface area (Å²) in [6.45, 7) is 5.90. The summed E-state index contributed by atoms with van der Waals surface area (Å²) in [6, 6.07) is 12.3. The summed E-state index contributed by atoms with van der Waals surface area (Å²) in [7, 11) is 1.65. The Balaban J connectivity index is 1.95. The van der Waals surface area contributed by atoms with Crippen LogP contribution in [0.3, 0.4) is 0 Å². The molecule has 0 bridgehead atoms. The van der Waals surface area contributed by atoms with Crippen molar-refractivity contribution in [3.8, 4) is 17.2 Å². The Kier molecular flexibility index (Phi) is 9.40. The van der Waals surface area contributed by atoms with Crippen molar-refractivity contribution in [2.45, 2.75) is 33.1 Å². The number of rotatable bonds is 10. The SMILES string of the molecule is CCOC(=O)CN(C(=O)c1ccco1)c1cc(Br)c(Oc2ccc(OC)c(C(C)CC)c2)c(Br)c1. The maximum Gasteiger partial charge on any atom is 0.326 e. The Morgan fingerprint density at radius 3 is 2.37 bits per heavy atom. The molecule has 0 fully saturated rings. The molecule has 7 nitrogen and oxygen atoms in total. The Morgan fingerprint density at radius 2 is 1.80 bits per heavy atom. The van der Waals surface area contributed by atoms with E-state index in [2.05, 4.69) is 45.7 Å². The predicted molar refractivity (Wildman–Crippen MR) is 141 cm³/mol. The summed E-state index contributed by atoms with van der Waals surface area (Å²) in [5.74, 6) is 1.39. The van der Waals surface area contributed by atoms with Gasteiger partial charge >= 0.3 is 5.97 Å². The number of ether oxygens (including phenoxy) is 3. The maximum absolute atomic E-state index is 13.1. The molecule has 0 saturated carbocycles. The van der Waals surface area contributed by atoms with E-state index in [4.69, 9.17) is 18.6 Å². The van der Waals surface area contributed by atoms with Gasteiger partial charge in [0, 0.05) is 11.3 Å². The first-order valence-electron chi connectivity index (χ1n) is 11.1. The van der Waals surface area contributed by atoms with Gasteiger partial charge in [-0.3, -0.25) is 14.5 Å². The van der Waals surface area contributed by atoms with Crippen molar-refractivity contribution < 1.29 is 28.2 Å². The Labute approximate surface area is 221 Å². The van der Waals surface area contributed by atoms with Gasteiger partial charge in [-0.25, -0.2) is 0 Å². The quantitative estimate of drug-likeness (QED) is 0.224. The van der Waals surface area contributed by atoms with Gasteiger partial charge in [-0.2, -0.15) is 0 Å². The van der Waals surface area contributed by atoms with Crippen molar-refractivity contribution in [3.63, 3.8) is 0 Å². The number of methoxy groups -OCH3 is 1. The highest BCUT2D eigenvalue weighted by Crippen LogP contribution is 2.42. The number of carbonyl (C=O) groups excluding carboxylic acids is 2. The molecular weight excluding hydrogens is 582 g/mol. The van der Waals surface area contributed by atoms with Gasteiger partial charge in [0.15, 0.2) is 11.5 Å². The number of esters is 1. The second-order valence-electron chi connectivity index (χ2n) is 7.73. The normalized spacial score (nSPS) is 11.6. The summed E-state index contributed by atoms with van der Waals surface area (Å²) >= 11 is 7.10. The van der Waals surface area contributed by atoms with E-state index in [-0.39, 0.29) is 18.9 Å². The number of nitrogens with zero attached hydrogens (tertiary/aromatic N) is 1. The third-order valence-corrected chi connectivity index (χ3v) is 6.61. The lowest BCUT2D eigenvalue weighted by Gasteiger charge is -2.22. The molecule has 1 atom stereocenters. The minimum absolute atomic E-state index is 0.109. The maximum atomic E-state index is 13.1. The highest BCUT2D eigenvalue weighted by Gasteiger charge is 2.25. The zero-order chi connectivity index (χ0) is 25.5. The lowest BCUT2D eigenvalue weighted by atomic mass is 9.97. The van der Waals surface area contributed by atoms with Crippen LogP contribution in [0.4, 0.5) is 5.69 Å². The van der Waals surface area contributed by atoms with E-state index in [1.54, 1.807) is 38.3 Å². The van der Waals surface area contributed by atoms with Gasteiger partial charge in [0.1, 0.15) is 18.0 Å². The minimum atomic E-state index is -0.532. The van der Waals surface area contributed by atoms with Crippen LogP contribution < -0.4 is 14.4 Å². The first kappa shape index (κ1) is 26.8. The average Bonchev–Trinajstić information content (AvgIpc) is 3.39. The number of hydrogen-bond acceptors (Lipinski definition) is 6. The molecule has 9 heteroatoms. The van der Waals surface area contributed by atoms with Crippen LogP contribution in [-0.2, 0) is 9.53 Å². The molecule has 3 rings (SSSR count). The molecule has 0 radical (unpaired) electrons. The zero-order valence-electron chi connectivity index (χ0n) is 20.0. The van der Waals surface area contributed by atoms with Gasteiger partial charge in [0.2, 0.25) is 0 Å². The van der Waals surface area contributed by atoms with Crippen molar-refractivity contribution in [3.05, 3.63) is 69.0 Å². The van der Waals surface area contributed by atoms with Crippen molar-refractivity contribution in [1.29, 1.82) is 0 Å². The number of hydrogen-bond donors (Lipinski definition) is 0. The zero-order valence-corrected chi connectivity index (χ0v) is 23.1. The average molecular weight is 609 g/mol. The van der Waals surface area contributed by atoms with Gasteiger partial charge in [0.25, 0.3) is 5.91 Å². The van der Waals surface area contributed by atoms with Gasteiger partial charge in [-0.05, 0) is 93.6 Å². The number of benzene rings is 2. The van der Waals surface area contributed by atoms with E-state index < -0.39 is 11.9 Å². The van der Waals surface area contributed by atoms with Crippen LogP contribution in [0.1, 0.15) is 49.2 Å². The number of furan rings is 1.